The molecule has 0 aliphatic heterocycles. The number of carbonyl (C=O) groups is 3. The Morgan fingerprint density at radius 1 is 1.09 bits per heavy atom. The monoisotopic (exact) mass is 307 g/mol. The molecule has 1 aromatic carbocycles. The van der Waals surface area contributed by atoms with E-state index in [1.807, 2.05) is 0 Å². The predicted molar refractivity (Wildman–Crippen MR) is 78.1 cm³/mol. The number of hydrogen-bond donors (Lipinski definition) is 1. The fourth-order valence-electron chi connectivity index (χ4n) is 1.49. The van der Waals surface area contributed by atoms with Crippen molar-refractivity contribution in [3.63, 3.8) is 0 Å². The van der Waals surface area contributed by atoms with Crippen LogP contribution in [-0.2, 0) is 23.8 Å². The van der Waals surface area contributed by atoms with E-state index >= 15 is 0 Å². The first-order chi connectivity index (χ1) is 10.5. The van der Waals surface area contributed by atoms with Crippen molar-refractivity contribution in [2.24, 2.45) is 0 Å². The summed E-state index contributed by atoms with van der Waals surface area (Å²) in [7, 11) is 2.39. The van der Waals surface area contributed by atoms with Crippen LogP contribution >= 0.6 is 0 Å². The van der Waals surface area contributed by atoms with Crippen molar-refractivity contribution in [2.45, 2.75) is 6.92 Å². The average Bonchev–Trinajstić information content (AvgIpc) is 2.54. The summed E-state index contributed by atoms with van der Waals surface area (Å²) in [4.78, 5) is 34.4. The van der Waals surface area contributed by atoms with E-state index < -0.39 is 17.9 Å². The van der Waals surface area contributed by atoms with Gasteiger partial charge in [0.05, 0.1) is 32.5 Å². The molecule has 0 saturated heterocycles. The smallest absolute Gasteiger partial charge is 0.354 e. The summed E-state index contributed by atoms with van der Waals surface area (Å²) in [5.41, 5.74) is 0.788. The van der Waals surface area contributed by atoms with Gasteiger partial charge in [0.2, 0.25) is 0 Å². The van der Waals surface area contributed by atoms with Crippen molar-refractivity contribution < 1.29 is 28.6 Å². The first kappa shape index (κ1) is 17.2. The van der Waals surface area contributed by atoms with Gasteiger partial charge in [-0.15, -0.1) is 0 Å². The largest absolute Gasteiger partial charge is 0.466 e. The minimum absolute atomic E-state index is 0.0850. The second kappa shape index (κ2) is 8.46. The number of carbonyl (C=O) groups excluding carboxylic acids is 3. The molecule has 0 spiro atoms. The molecule has 0 atom stereocenters. The van der Waals surface area contributed by atoms with Gasteiger partial charge in [-0.25, -0.2) is 14.4 Å². The fourth-order valence-corrected chi connectivity index (χ4v) is 1.49. The lowest BCUT2D eigenvalue weighted by molar-refractivity contribution is -0.138. The van der Waals surface area contributed by atoms with Crippen molar-refractivity contribution in [1.82, 2.24) is 0 Å². The van der Waals surface area contributed by atoms with Crippen LogP contribution in [0.3, 0.4) is 0 Å². The van der Waals surface area contributed by atoms with Gasteiger partial charge < -0.3 is 19.5 Å². The molecule has 0 amide bonds. The van der Waals surface area contributed by atoms with Gasteiger partial charge in [-0.3, -0.25) is 0 Å². The van der Waals surface area contributed by atoms with E-state index in [-0.39, 0.29) is 12.3 Å². The molecule has 7 heteroatoms. The number of rotatable bonds is 6. The Balaban J connectivity index is 2.90. The molecule has 7 nitrogen and oxygen atoms in total. The van der Waals surface area contributed by atoms with Gasteiger partial charge in [0, 0.05) is 5.69 Å². The highest BCUT2D eigenvalue weighted by atomic mass is 16.5. The van der Waals surface area contributed by atoms with Crippen LogP contribution < -0.4 is 5.32 Å². The normalized spacial score (nSPS) is 10.6. The Bertz CT molecular complexity index is 576. The number of methoxy groups -OCH3 is 2. The Hall–Kier alpha value is -2.83. The van der Waals surface area contributed by atoms with Crippen LogP contribution in [0, 0.1) is 0 Å². The fraction of sp³-hybridized carbons (Fsp3) is 0.267. The molecule has 22 heavy (non-hydrogen) atoms. The van der Waals surface area contributed by atoms with E-state index in [1.54, 1.807) is 19.1 Å². The molecule has 1 aromatic rings. The van der Waals surface area contributed by atoms with Crippen molar-refractivity contribution in [1.29, 1.82) is 0 Å². The van der Waals surface area contributed by atoms with Gasteiger partial charge in [0.25, 0.3) is 0 Å². The maximum atomic E-state index is 11.6. The highest BCUT2D eigenvalue weighted by molar-refractivity contribution is 5.98. The Morgan fingerprint density at radius 3 is 2.23 bits per heavy atom. The van der Waals surface area contributed by atoms with E-state index in [4.69, 9.17) is 4.74 Å². The summed E-state index contributed by atoms with van der Waals surface area (Å²) < 4.78 is 13.9. The molecule has 1 rings (SSSR count). The van der Waals surface area contributed by atoms with Gasteiger partial charge in [-0.1, -0.05) is 0 Å². The van der Waals surface area contributed by atoms with E-state index in [1.165, 1.54) is 26.4 Å². The van der Waals surface area contributed by atoms with E-state index in [9.17, 15) is 14.4 Å². The first-order valence-corrected chi connectivity index (χ1v) is 6.44. The molecule has 0 bridgehead atoms. The molecular formula is C15H17NO6. The second-order valence-corrected chi connectivity index (χ2v) is 4.00. The number of benzene rings is 1. The summed E-state index contributed by atoms with van der Waals surface area (Å²) in [6, 6.07) is 6.21. The topological polar surface area (TPSA) is 90.9 Å². The highest BCUT2D eigenvalue weighted by Gasteiger charge is 2.13. The predicted octanol–water partition coefficient (Wildman–Crippen LogP) is 1.51. The third-order valence-electron chi connectivity index (χ3n) is 2.54. The number of hydrogen-bond acceptors (Lipinski definition) is 7. The zero-order valence-electron chi connectivity index (χ0n) is 12.5. The van der Waals surface area contributed by atoms with Gasteiger partial charge in [-0.2, -0.15) is 0 Å². The van der Waals surface area contributed by atoms with E-state index in [2.05, 4.69) is 14.8 Å². The molecule has 1 N–H and O–H groups in total. The quantitative estimate of drug-likeness (QED) is 0.484. The minimum atomic E-state index is -0.722. The Labute approximate surface area is 127 Å². The highest BCUT2D eigenvalue weighted by Crippen LogP contribution is 2.13. The summed E-state index contributed by atoms with van der Waals surface area (Å²) in [5, 5.41) is 2.73. The summed E-state index contributed by atoms with van der Waals surface area (Å²) in [6.07, 6.45) is 0.977. The van der Waals surface area contributed by atoms with Crippen molar-refractivity contribution >= 4 is 23.6 Å². The molecule has 0 unspecified atom stereocenters. The van der Waals surface area contributed by atoms with Crippen LogP contribution in [0.15, 0.2) is 36.0 Å². The second-order valence-electron chi connectivity index (χ2n) is 4.00. The number of ether oxygens (including phenoxy) is 3. The van der Waals surface area contributed by atoms with Gasteiger partial charge in [-0.05, 0) is 31.2 Å². The average molecular weight is 307 g/mol. The molecular weight excluding hydrogens is 290 g/mol. The number of esters is 3. The summed E-state index contributed by atoms with van der Waals surface area (Å²) in [5.74, 6) is -1.86. The lowest BCUT2D eigenvalue weighted by Crippen LogP contribution is -2.15. The molecule has 0 fully saturated rings. The lowest BCUT2D eigenvalue weighted by atomic mass is 10.2. The molecule has 0 heterocycles. The summed E-state index contributed by atoms with van der Waals surface area (Å²) >= 11 is 0. The molecule has 0 aromatic heterocycles. The van der Waals surface area contributed by atoms with Crippen molar-refractivity contribution in [3.8, 4) is 0 Å². The lowest BCUT2D eigenvalue weighted by Gasteiger charge is -2.09. The number of anilines is 1. The van der Waals surface area contributed by atoms with Crippen LogP contribution in [0.25, 0.3) is 0 Å². The molecule has 0 radical (unpaired) electrons. The molecule has 0 saturated carbocycles. The minimum Gasteiger partial charge on any atom is -0.466 e. The van der Waals surface area contributed by atoms with Crippen LogP contribution in [0.5, 0.6) is 0 Å². The SMILES string of the molecule is CCOC(=O)c1ccc(N/C(=C/C(=O)OC)C(=O)OC)cc1. The van der Waals surface area contributed by atoms with E-state index in [0.717, 1.165) is 6.08 Å². The van der Waals surface area contributed by atoms with Crippen LogP contribution in [0.4, 0.5) is 5.69 Å². The summed E-state index contributed by atoms with van der Waals surface area (Å²) in [6.45, 7) is 2.00. The molecule has 0 aliphatic rings. The van der Waals surface area contributed by atoms with Crippen molar-refractivity contribution in [3.05, 3.63) is 41.6 Å². The molecule has 0 aliphatic carbocycles. The van der Waals surface area contributed by atoms with Crippen LogP contribution in [0.1, 0.15) is 17.3 Å². The Morgan fingerprint density at radius 2 is 1.73 bits per heavy atom. The third-order valence-corrected chi connectivity index (χ3v) is 2.54. The third kappa shape index (κ3) is 4.93. The maximum Gasteiger partial charge on any atom is 0.354 e. The van der Waals surface area contributed by atoms with Gasteiger partial charge >= 0.3 is 17.9 Å². The van der Waals surface area contributed by atoms with Crippen molar-refractivity contribution in [2.75, 3.05) is 26.1 Å². The number of nitrogens with one attached hydrogen (secondary N) is 1. The first-order valence-electron chi connectivity index (χ1n) is 6.44. The van der Waals surface area contributed by atoms with E-state index in [0.29, 0.717) is 11.3 Å². The molecule has 118 valence electrons. The van der Waals surface area contributed by atoms with Gasteiger partial charge in [0.1, 0.15) is 5.70 Å². The standard InChI is InChI=1S/C15H17NO6/c1-4-22-14(18)10-5-7-11(8-6-10)16-12(15(19)21-3)9-13(17)20-2/h5-9,16H,4H2,1-3H3/b12-9+. The zero-order chi connectivity index (χ0) is 16.5. The van der Waals surface area contributed by atoms with Crippen LogP contribution in [0.2, 0.25) is 0 Å². The Kier molecular flexibility index (Phi) is 6.62. The van der Waals surface area contributed by atoms with Crippen LogP contribution in [-0.4, -0.2) is 38.7 Å². The maximum absolute atomic E-state index is 11.6. The van der Waals surface area contributed by atoms with Gasteiger partial charge in [0.15, 0.2) is 0 Å². The zero-order valence-corrected chi connectivity index (χ0v) is 12.5.